The Bertz CT molecular complexity index is 972. The van der Waals surface area contributed by atoms with Crippen molar-refractivity contribution in [3.8, 4) is 0 Å². The second-order valence-electron chi connectivity index (χ2n) is 8.01. The predicted octanol–water partition coefficient (Wildman–Crippen LogP) is 4.82. The van der Waals surface area contributed by atoms with E-state index in [9.17, 15) is 14.7 Å². The number of carbonyl (C=O) groups is 2. The van der Waals surface area contributed by atoms with E-state index in [4.69, 9.17) is 14.5 Å². The number of rotatable bonds is 6. The fourth-order valence-electron chi connectivity index (χ4n) is 4.37. The van der Waals surface area contributed by atoms with Crippen LogP contribution >= 0.6 is 15.9 Å². The summed E-state index contributed by atoms with van der Waals surface area (Å²) in [5.41, 5.74) is 0.399. The van der Waals surface area contributed by atoms with Crippen molar-refractivity contribution in [1.82, 2.24) is 0 Å². The highest BCUT2D eigenvalue weighted by atomic mass is 79.9. The Balaban J connectivity index is 2.20. The molecule has 3 rings (SSSR count). The first-order valence-corrected chi connectivity index (χ1v) is 11.5. The summed E-state index contributed by atoms with van der Waals surface area (Å²) in [5.74, 6) is -3.49. The quantitative estimate of drug-likeness (QED) is 0.573. The molecule has 0 amide bonds. The Morgan fingerprint density at radius 1 is 1.03 bits per heavy atom. The summed E-state index contributed by atoms with van der Waals surface area (Å²) in [5, 5.41) is 11.4. The van der Waals surface area contributed by atoms with E-state index in [0.717, 1.165) is 10.0 Å². The first-order chi connectivity index (χ1) is 15.3. The summed E-state index contributed by atoms with van der Waals surface area (Å²) in [7, 11) is 0. The van der Waals surface area contributed by atoms with Crippen LogP contribution in [0.4, 0.5) is 5.69 Å². The zero-order chi connectivity index (χ0) is 23.3. The molecule has 0 aliphatic heterocycles. The highest BCUT2D eigenvalue weighted by Gasteiger charge is 2.56. The minimum Gasteiger partial charge on any atom is -0.466 e. The van der Waals surface area contributed by atoms with Crippen LogP contribution in [0, 0.1) is 11.8 Å². The molecule has 1 aliphatic rings. The Kier molecular flexibility index (Phi) is 7.85. The molecule has 0 bridgehead atoms. The van der Waals surface area contributed by atoms with Gasteiger partial charge in [0, 0.05) is 22.5 Å². The first-order valence-electron chi connectivity index (χ1n) is 10.7. The summed E-state index contributed by atoms with van der Waals surface area (Å²) in [6.45, 7) is 5.43. The number of nitrogens with zero attached hydrogens (tertiary/aromatic N) is 1. The number of carbonyl (C=O) groups excluding carboxylic acids is 2. The predicted molar refractivity (Wildman–Crippen MR) is 126 cm³/mol. The molecule has 0 aromatic heterocycles. The van der Waals surface area contributed by atoms with E-state index in [1.807, 2.05) is 54.6 Å². The molecule has 0 saturated heterocycles. The van der Waals surface area contributed by atoms with Crippen molar-refractivity contribution in [2.45, 2.75) is 38.7 Å². The van der Waals surface area contributed by atoms with Gasteiger partial charge in [0.25, 0.3) is 0 Å². The van der Waals surface area contributed by atoms with Gasteiger partial charge in [0.15, 0.2) is 0 Å². The third-order valence-electron chi connectivity index (χ3n) is 5.65. The van der Waals surface area contributed by atoms with E-state index in [2.05, 4.69) is 15.9 Å². The second kappa shape index (κ2) is 10.4. The molecule has 4 unspecified atom stereocenters. The molecule has 6 nitrogen and oxygen atoms in total. The Morgan fingerprint density at radius 2 is 1.62 bits per heavy atom. The van der Waals surface area contributed by atoms with E-state index >= 15 is 0 Å². The van der Waals surface area contributed by atoms with Crippen LogP contribution in [0.2, 0.25) is 0 Å². The number of esters is 2. The number of benzene rings is 2. The van der Waals surface area contributed by atoms with Gasteiger partial charge >= 0.3 is 11.9 Å². The van der Waals surface area contributed by atoms with Gasteiger partial charge in [-0.25, -0.2) is 0 Å². The second-order valence-corrected chi connectivity index (χ2v) is 8.93. The topological polar surface area (TPSA) is 85.2 Å². The third-order valence-corrected chi connectivity index (χ3v) is 6.18. The first kappa shape index (κ1) is 24.1. The maximum Gasteiger partial charge on any atom is 0.315 e. The summed E-state index contributed by atoms with van der Waals surface area (Å²) in [6, 6.07) is 16.6. The van der Waals surface area contributed by atoms with Gasteiger partial charge in [0.1, 0.15) is 5.92 Å². The van der Waals surface area contributed by atoms with E-state index < -0.39 is 35.3 Å². The number of hydrogen-bond donors (Lipinski definition) is 1. The van der Waals surface area contributed by atoms with Crippen LogP contribution in [0.15, 0.2) is 64.1 Å². The van der Waals surface area contributed by atoms with Crippen LogP contribution in [0.25, 0.3) is 0 Å². The van der Waals surface area contributed by atoms with Crippen molar-refractivity contribution in [3.05, 3.63) is 64.6 Å². The van der Waals surface area contributed by atoms with Gasteiger partial charge in [-0.1, -0.05) is 46.3 Å². The lowest BCUT2D eigenvalue weighted by atomic mass is 9.61. The summed E-state index contributed by atoms with van der Waals surface area (Å²) < 4.78 is 11.6. The molecule has 32 heavy (non-hydrogen) atoms. The molecule has 1 aliphatic carbocycles. The lowest BCUT2D eigenvalue weighted by molar-refractivity contribution is -0.163. The third kappa shape index (κ3) is 5.27. The van der Waals surface area contributed by atoms with Crippen molar-refractivity contribution < 1.29 is 24.2 Å². The van der Waals surface area contributed by atoms with Crippen LogP contribution in [0.1, 0.15) is 38.7 Å². The van der Waals surface area contributed by atoms with Crippen molar-refractivity contribution >= 4 is 39.3 Å². The van der Waals surface area contributed by atoms with E-state index in [0.29, 0.717) is 11.4 Å². The molecule has 2 aromatic carbocycles. The Labute approximate surface area is 196 Å². The molecule has 7 heteroatoms. The zero-order valence-electron chi connectivity index (χ0n) is 18.5. The largest absolute Gasteiger partial charge is 0.466 e. The summed E-state index contributed by atoms with van der Waals surface area (Å²) >= 11 is 3.41. The Morgan fingerprint density at radius 3 is 2.22 bits per heavy atom. The van der Waals surface area contributed by atoms with Crippen molar-refractivity contribution in [2.75, 3.05) is 13.2 Å². The summed E-state index contributed by atoms with van der Waals surface area (Å²) in [6.07, 6.45) is 0.0410. The number of ether oxygens (including phenoxy) is 2. The SMILES string of the molecule is CCOC(=O)C1C(=Nc2ccc(Br)cc2)CC(C)(O)C(C(=O)OCC)C1c1ccccc1. The maximum atomic E-state index is 13.2. The number of aliphatic hydroxyl groups is 1. The van der Waals surface area contributed by atoms with Crippen molar-refractivity contribution in [3.63, 3.8) is 0 Å². The monoisotopic (exact) mass is 501 g/mol. The average Bonchev–Trinajstić information content (AvgIpc) is 2.75. The van der Waals surface area contributed by atoms with Crippen LogP contribution in [0.5, 0.6) is 0 Å². The standard InChI is InChI=1S/C25H28BrNO5/c1-4-31-23(28)21-19(27-18-13-11-17(26)12-14-18)15-25(3,30)22(24(29)32-5-2)20(21)16-9-7-6-8-10-16/h6-14,20-22,30H,4-5,15H2,1-3H3. The van der Waals surface area contributed by atoms with Gasteiger partial charge in [-0.3, -0.25) is 14.6 Å². The zero-order valence-corrected chi connectivity index (χ0v) is 20.0. The van der Waals surface area contributed by atoms with Crippen molar-refractivity contribution in [2.24, 2.45) is 16.8 Å². The average molecular weight is 502 g/mol. The summed E-state index contributed by atoms with van der Waals surface area (Å²) in [4.78, 5) is 31.0. The molecule has 1 fully saturated rings. The van der Waals surface area contributed by atoms with Gasteiger partial charge in [0.05, 0.1) is 30.4 Å². The number of hydrogen-bond acceptors (Lipinski definition) is 6. The molecule has 1 N–H and O–H groups in total. The fraction of sp³-hybridized carbons (Fsp3) is 0.400. The van der Waals surface area contributed by atoms with Gasteiger partial charge in [-0.2, -0.15) is 0 Å². The van der Waals surface area contributed by atoms with E-state index in [-0.39, 0.29) is 19.6 Å². The van der Waals surface area contributed by atoms with Gasteiger partial charge in [0.2, 0.25) is 0 Å². The lowest BCUT2D eigenvalue weighted by Gasteiger charge is -2.45. The molecule has 2 aromatic rings. The van der Waals surface area contributed by atoms with Crippen LogP contribution in [0.3, 0.4) is 0 Å². The van der Waals surface area contributed by atoms with E-state index in [1.54, 1.807) is 20.8 Å². The highest BCUT2D eigenvalue weighted by Crippen LogP contribution is 2.47. The molecule has 170 valence electrons. The van der Waals surface area contributed by atoms with Crippen LogP contribution < -0.4 is 0 Å². The van der Waals surface area contributed by atoms with Crippen LogP contribution in [-0.4, -0.2) is 41.6 Å². The minimum absolute atomic E-state index is 0.0410. The normalized spacial score (nSPS) is 26.5. The maximum absolute atomic E-state index is 13.2. The molecule has 1 saturated carbocycles. The fourth-order valence-corrected chi connectivity index (χ4v) is 4.64. The molecular formula is C25H28BrNO5. The highest BCUT2D eigenvalue weighted by molar-refractivity contribution is 9.10. The molecule has 0 radical (unpaired) electrons. The van der Waals surface area contributed by atoms with Gasteiger partial charge < -0.3 is 14.6 Å². The number of halogens is 1. The van der Waals surface area contributed by atoms with Gasteiger partial charge in [-0.15, -0.1) is 0 Å². The molecule has 4 atom stereocenters. The molecule has 0 spiro atoms. The van der Waals surface area contributed by atoms with Crippen molar-refractivity contribution in [1.29, 1.82) is 0 Å². The smallest absolute Gasteiger partial charge is 0.315 e. The molecule has 0 heterocycles. The van der Waals surface area contributed by atoms with Crippen LogP contribution in [-0.2, 0) is 19.1 Å². The minimum atomic E-state index is -1.47. The van der Waals surface area contributed by atoms with E-state index in [1.165, 1.54) is 0 Å². The Hall–Kier alpha value is -2.51. The molecular weight excluding hydrogens is 474 g/mol. The van der Waals surface area contributed by atoms with Gasteiger partial charge in [-0.05, 0) is 50.6 Å². The lowest BCUT2D eigenvalue weighted by Crippen LogP contribution is -2.55. The number of aliphatic imine (C=N–C) groups is 1.